The summed E-state index contributed by atoms with van der Waals surface area (Å²) in [6.45, 7) is 1.83. The van der Waals surface area contributed by atoms with Crippen molar-refractivity contribution in [3.8, 4) is 17.2 Å². The molecule has 0 fully saturated rings. The summed E-state index contributed by atoms with van der Waals surface area (Å²) in [6, 6.07) is 21.6. The minimum Gasteiger partial charge on any atom is -0.497 e. The second-order valence-corrected chi connectivity index (χ2v) is 6.76. The molecule has 0 radical (unpaired) electrons. The molecule has 3 rings (SSSR count). The van der Waals surface area contributed by atoms with Gasteiger partial charge in [-0.1, -0.05) is 48.0 Å². The first-order chi connectivity index (χ1) is 13.7. The van der Waals surface area contributed by atoms with Crippen molar-refractivity contribution in [2.45, 2.75) is 19.7 Å². The van der Waals surface area contributed by atoms with Crippen LogP contribution >= 0.6 is 11.6 Å². The Hall–Kier alpha value is -2.69. The van der Waals surface area contributed by atoms with Crippen molar-refractivity contribution in [1.29, 1.82) is 0 Å². The van der Waals surface area contributed by atoms with Crippen molar-refractivity contribution >= 4 is 11.6 Å². The van der Waals surface area contributed by atoms with Crippen LogP contribution in [0.5, 0.6) is 17.2 Å². The molecule has 1 N–H and O–H groups in total. The maximum absolute atomic E-state index is 6.09. The third-order valence-corrected chi connectivity index (χ3v) is 4.59. The van der Waals surface area contributed by atoms with Gasteiger partial charge < -0.3 is 19.5 Å². The number of rotatable bonds is 9. The van der Waals surface area contributed by atoms with Crippen LogP contribution in [0.15, 0.2) is 66.7 Å². The SMILES string of the molecule is COc1ccc(CNCc2cccc(OC)c2OCc2cccc(Cl)c2)cc1. The summed E-state index contributed by atoms with van der Waals surface area (Å²) >= 11 is 6.06. The van der Waals surface area contributed by atoms with E-state index >= 15 is 0 Å². The van der Waals surface area contributed by atoms with Crippen LogP contribution in [0, 0.1) is 0 Å². The van der Waals surface area contributed by atoms with E-state index in [9.17, 15) is 0 Å². The summed E-state index contributed by atoms with van der Waals surface area (Å²) in [5.74, 6) is 2.31. The highest BCUT2D eigenvalue weighted by Crippen LogP contribution is 2.32. The molecule has 0 amide bonds. The van der Waals surface area contributed by atoms with Crippen molar-refractivity contribution in [1.82, 2.24) is 5.32 Å². The van der Waals surface area contributed by atoms with E-state index in [-0.39, 0.29) is 0 Å². The molecular weight excluding hydrogens is 374 g/mol. The molecule has 4 nitrogen and oxygen atoms in total. The summed E-state index contributed by atoms with van der Waals surface area (Å²) in [6.07, 6.45) is 0. The molecule has 0 aliphatic rings. The average molecular weight is 398 g/mol. The molecule has 0 aromatic heterocycles. The van der Waals surface area contributed by atoms with Gasteiger partial charge in [0.2, 0.25) is 0 Å². The van der Waals surface area contributed by atoms with Gasteiger partial charge >= 0.3 is 0 Å². The molecular formula is C23H24ClNO3. The lowest BCUT2D eigenvalue weighted by Crippen LogP contribution is -2.14. The van der Waals surface area contributed by atoms with Crippen LogP contribution in [0.4, 0.5) is 0 Å². The lowest BCUT2D eigenvalue weighted by Gasteiger charge is -2.16. The highest BCUT2D eigenvalue weighted by molar-refractivity contribution is 6.30. The highest BCUT2D eigenvalue weighted by atomic mass is 35.5. The second kappa shape index (κ2) is 10.0. The molecule has 5 heteroatoms. The molecule has 3 aromatic carbocycles. The quantitative estimate of drug-likeness (QED) is 0.537. The molecule has 28 heavy (non-hydrogen) atoms. The Morgan fingerprint density at radius 2 is 1.61 bits per heavy atom. The molecule has 0 saturated heterocycles. The molecule has 0 aliphatic carbocycles. The van der Waals surface area contributed by atoms with E-state index in [0.29, 0.717) is 23.9 Å². The number of hydrogen-bond acceptors (Lipinski definition) is 4. The van der Waals surface area contributed by atoms with Crippen LogP contribution in [0.1, 0.15) is 16.7 Å². The molecule has 0 atom stereocenters. The summed E-state index contributed by atoms with van der Waals surface area (Å²) in [7, 11) is 3.32. The third-order valence-electron chi connectivity index (χ3n) is 4.36. The maximum atomic E-state index is 6.09. The first-order valence-electron chi connectivity index (χ1n) is 9.06. The summed E-state index contributed by atoms with van der Waals surface area (Å²) in [4.78, 5) is 0. The summed E-state index contributed by atoms with van der Waals surface area (Å²) < 4.78 is 16.8. The van der Waals surface area contributed by atoms with Gasteiger partial charge in [0.1, 0.15) is 12.4 Å². The van der Waals surface area contributed by atoms with Crippen molar-refractivity contribution in [2.75, 3.05) is 14.2 Å². The number of para-hydroxylation sites is 1. The average Bonchev–Trinajstić information content (AvgIpc) is 2.73. The van der Waals surface area contributed by atoms with Crippen LogP contribution in [0.2, 0.25) is 5.02 Å². The van der Waals surface area contributed by atoms with Crippen molar-refractivity contribution in [3.63, 3.8) is 0 Å². The minimum absolute atomic E-state index is 0.423. The van der Waals surface area contributed by atoms with E-state index in [2.05, 4.69) is 5.32 Å². The number of benzene rings is 3. The van der Waals surface area contributed by atoms with Crippen LogP contribution in [0.3, 0.4) is 0 Å². The van der Waals surface area contributed by atoms with Gasteiger partial charge in [0.25, 0.3) is 0 Å². The molecule has 0 heterocycles. The van der Waals surface area contributed by atoms with Crippen molar-refractivity contribution in [3.05, 3.63) is 88.4 Å². The van der Waals surface area contributed by atoms with Crippen LogP contribution in [-0.2, 0) is 19.7 Å². The van der Waals surface area contributed by atoms with E-state index in [4.69, 9.17) is 25.8 Å². The van der Waals surface area contributed by atoms with Crippen LogP contribution < -0.4 is 19.5 Å². The molecule has 0 bridgehead atoms. The fourth-order valence-corrected chi connectivity index (χ4v) is 3.11. The van der Waals surface area contributed by atoms with Crippen LogP contribution in [0.25, 0.3) is 0 Å². The predicted octanol–water partition coefficient (Wildman–Crippen LogP) is 5.23. The molecule has 0 saturated carbocycles. The van der Waals surface area contributed by atoms with Gasteiger partial charge in [0, 0.05) is 23.7 Å². The zero-order chi connectivity index (χ0) is 19.8. The zero-order valence-electron chi connectivity index (χ0n) is 16.1. The topological polar surface area (TPSA) is 39.7 Å². The fourth-order valence-electron chi connectivity index (χ4n) is 2.89. The smallest absolute Gasteiger partial charge is 0.166 e. The maximum Gasteiger partial charge on any atom is 0.166 e. The fraction of sp³-hybridized carbons (Fsp3) is 0.217. The number of nitrogens with one attached hydrogen (secondary N) is 1. The van der Waals surface area contributed by atoms with E-state index in [1.54, 1.807) is 14.2 Å². The van der Waals surface area contributed by atoms with Crippen LogP contribution in [-0.4, -0.2) is 14.2 Å². The Balaban J connectivity index is 1.66. The highest BCUT2D eigenvalue weighted by Gasteiger charge is 2.11. The Labute approximate surface area is 171 Å². The standard InChI is InChI=1S/C23H24ClNO3/c1-26-21-11-9-17(10-12-21)14-25-15-19-6-4-8-22(27-2)23(19)28-16-18-5-3-7-20(24)13-18/h3-13,25H,14-16H2,1-2H3. The molecule has 0 unspecified atom stereocenters. The molecule has 146 valence electrons. The van der Waals surface area contributed by atoms with Gasteiger partial charge in [-0.05, 0) is 41.5 Å². The monoisotopic (exact) mass is 397 g/mol. The van der Waals surface area contributed by atoms with Gasteiger partial charge in [-0.3, -0.25) is 0 Å². The summed E-state index contributed by atoms with van der Waals surface area (Å²) in [5, 5.41) is 4.15. The molecule has 0 spiro atoms. The van der Waals surface area contributed by atoms with Gasteiger partial charge in [0.05, 0.1) is 14.2 Å². The van der Waals surface area contributed by atoms with E-state index in [1.165, 1.54) is 5.56 Å². The van der Waals surface area contributed by atoms with Crippen molar-refractivity contribution in [2.24, 2.45) is 0 Å². The number of halogens is 1. The van der Waals surface area contributed by atoms with Crippen molar-refractivity contribution < 1.29 is 14.2 Å². The molecule has 0 aliphatic heterocycles. The Morgan fingerprint density at radius 3 is 2.32 bits per heavy atom. The van der Waals surface area contributed by atoms with Gasteiger partial charge in [-0.2, -0.15) is 0 Å². The number of hydrogen-bond donors (Lipinski definition) is 1. The summed E-state index contributed by atoms with van der Waals surface area (Å²) in [5.41, 5.74) is 3.23. The van der Waals surface area contributed by atoms with E-state index in [0.717, 1.165) is 29.2 Å². The Kier molecular flexibility index (Phi) is 7.18. The number of ether oxygens (including phenoxy) is 3. The van der Waals surface area contributed by atoms with Gasteiger partial charge in [0.15, 0.2) is 11.5 Å². The third kappa shape index (κ3) is 5.41. The van der Waals surface area contributed by atoms with E-state index < -0.39 is 0 Å². The Morgan fingerprint density at radius 1 is 0.821 bits per heavy atom. The largest absolute Gasteiger partial charge is 0.497 e. The Bertz CT molecular complexity index is 897. The first kappa shape index (κ1) is 20.1. The normalized spacial score (nSPS) is 10.5. The lowest BCUT2D eigenvalue weighted by molar-refractivity contribution is 0.280. The van der Waals surface area contributed by atoms with E-state index in [1.807, 2.05) is 66.7 Å². The minimum atomic E-state index is 0.423. The zero-order valence-corrected chi connectivity index (χ0v) is 16.8. The first-order valence-corrected chi connectivity index (χ1v) is 9.44. The lowest BCUT2D eigenvalue weighted by atomic mass is 10.1. The molecule has 3 aromatic rings. The number of methoxy groups -OCH3 is 2. The van der Waals surface area contributed by atoms with Gasteiger partial charge in [-0.25, -0.2) is 0 Å². The van der Waals surface area contributed by atoms with Gasteiger partial charge in [-0.15, -0.1) is 0 Å². The second-order valence-electron chi connectivity index (χ2n) is 6.32. The predicted molar refractivity (Wildman–Crippen MR) is 112 cm³/mol.